The predicted molar refractivity (Wildman–Crippen MR) is 77.3 cm³/mol. The summed E-state index contributed by atoms with van der Waals surface area (Å²) in [6.45, 7) is 0. The number of aromatic amines is 1. The minimum absolute atomic E-state index is 0.300. The predicted octanol–water partition coefficient (Wildman–Crippen LogP) is 2.99. The van der Waals surface area contributed by atoms with E-state index < -0.39 is 0 Å². The molecule has 0 saturated heterocycles. The summed E-state index contributed by atoms with van der Waals surface area (Å²) in [4.78, 5) is 8.41. The van der Waals surface area contributed by atoms with Crippen LogP contribution in [0.3, 0.4) is 0 Å². The van der Waals surface area contributed by atoms with Crippen LogP contribution in [0.25, 0.3) is 11.5 Å². The smallest absolute Gasteiger partial charge is 0.226 e. The second-order valence-corrected chi connectivity index (χ2v) is 5.32. The van der Waals surface area contributed by atoms with Crippen LogP contribution in [-0.2, 0) is 5.75 Å². The average molecular weight is 308 g/mol. The zero-order chi connectivity index (χ0) is 13.9. The highest BCUT2D eigenvalue weighted by atomic mass is 35.5. The highest BCUT2D eigenvalue weighted by Gasteiger charge is 2.08. The van der Waals surface area contributed by atoms with Gasteiger partial charge >= 0.3 is 0 Å². The summed E-state index contributed by atoms with van der Waals surface area (Å²) in [6.07, 6.45) is 1.62. The fourth-order valence-corrected chi connectivity index (χ4v) is 2.37. The number of nitrogens with two attached hydrogens (primary N) is 1. The molecule has 0 atom stereocenters. The summed E-state index contributed by atoms with van der Waals surface area (Å²) >= 11 is 7.27. The average Bonchev–Trinajstić information content (AvgIpc) is 3.06. The van der Waals surface area contributed by atoms with Crippen LogP contribution < -0.4 is 5.73 Å². The number of nitrogen functional groups attached to an aromatic ring is 1. The molecule has 3 N–H and O–H groups in total. The summed E-state index contributed by atoms with van der Waals surface area (Å²) in [5.74, 6) is 1.47. The molecule has 2 heterocycles. The van der Waals surface area contributed by atoms with Crippen molar-refractivity contribution in [2.75, 3.05) is 5.73 Å². The minimum Gasteiger partial charge on any atom is -0.444 e. The standard InChI is InChI=1S/C12H10ClN5OS/c13-8-3-1-7(2-4-8)10-15-9(5-19-10)6-20-12-16-11(14)17-18-12/h1-5H,6H2,(H3,14,16,17,18). The lowest BCUT2D eigenvalue weighted by Crippen LogP contribution is -1.85. The van der Waals surface area contributed by atoms with Crippen LogP contribution in [0.2, 0.25) is 5.02 Å². The first kappa shape index (κ1) is 13.0. The van der Waals surface area contributed by atoms with Gasteiger partial charge in [-0.2, -0.15) is 4.98 Å². The molecule has 0 aliphatic carbocycles. The summed E-state index contributed by atoms with van der Waals surface area (Å²) in [5, 5.41) is 7.78. The second kappa shape index (κ2) is 5.56. The molecule has 2 aromatic heterocycles. The van der Waals surface area contributed by atoms with Crippen molar-refractivity contribution < 1.29 is 4.42 Å². The lowest BCUT2D eigenvalue weighted by Gasteiger charge is -1.94. The van der Waals surface area contributed by atoms with Gasteiger partial charge in [0.05, 0.1) is 5.69 Å². The molecule has 0 aliphatic rings. The van der Waals surface area contributed by atoms with Gasteiger partial charge in [0.15, 0.2) is 0 Å². The molecule has 20 heavy (non-hydrogen) atoms. The van der Waals surface area contributed by atoms with E-state index in [-0.39, 0.29) is 0 Å². The molecule has 102 valence electrons. The largest absolute Gasteiger partial charge is 0.444 e. The van der Waals surface area contributed by atoms with Crippen LogP contribution in [-0.4, -0.2) is 20.2 Å². The van der Waals surface area contributed by atoms with Gasteiger partial charge in [-0.25, -0.2) is 10.1 Å². The van der Waals surface area contributed by atoms with E-state index in [2.05, 4.69) is 20.2 Å². The van der Waals surface area contributed by atoms with Crippen molar-refractivity contribution in [2.24, 2.45) is 0 Å². The number of aromatic nitrogens is 4. The van der Waals surface area contributed by atoms with Crippen LogP contribution >= 0.6 is 23.4 Å². The van der Waals surface area contributed by atoms with E-state index in [1.165, 1.54) is 11.8 Å². The molecule has 3 rings (SSSR count). The fourth-order valence-electron chi connectivity index (χ4n) is 1.56. The van der Waals surface area contributed by atoms with Crippen LogP contribution in [0, 0.1) is 0 Å². The molecule has 0 saturated carbocycles. The van der Waals surface area contributed by atoms with Crippen LogP contribution in [0.1, 0.15) is 5.69 Å². The molecule has 0 amide bonds. The summed E-state index contributed by atoms with van der Waals surface area (Å²) in [7, 11) is 0. The Bertz CT molecular complexity index is 709. The maximum atomic E-state index is 5.84. The first-order chi connectivity index (χ1) is 9.70. The number of oxazole rings is 1. The number of hydrogen-bond donors (Lipinski definition) is 2. The monoisotopic (exact) mass is 307 g/mol. The summed E-state index contributed by atoms with van der Waals surface area (Å²) < 4.78 is 5.44. The summed E-state index contributed by atoms with van der Waals surface area (Å²) in [5.41, 5.74) is 7.14. The first-order valence-corrected chi connectivity index (χ1v) is 7.08. The third-order valence-corrected chi connectivity index (χ3v) is 3.61. The quantitative estimate of drug-likeness (QED) is 0.720. The van der Waals surface area contributed by atoms with Gasteiger partial charge in [-0.1, -0.05) is 23.4 Å². The van der Waals surface area contributed by atoms with E-state index in [0.29, 0.717) is 27.8 Å². The van der Waals surface area contributed by atoms with Crippen molar-refractivity contribution in [1.82, 2.24) is 20.2 Å². The number of H-pyrrole nitrogens is 1. The van der Waals surface area contributed by atoms with Crippen LogP contribution in [0.4, 0.5) is 5.95 Å². The molecule has 0 unspecified atom stereocenters. The van der Waals surface area contributed by atoms with Crippen molar-refractivity contribution in [3.05, 3.63) is 41.2 Å². The molecule has 8 heteroatoms. The molecule has 0 fully saturated rings. The van der Waals surface area contributed by atoms with Gasteiger partial charge < -0.3 is 10.2 Å². The number of nitrogens with zero attached hydrogens (tertiary/aromatic N) is 3. The van der Waals surface area contributed by atoms with E-state index in [9.17, 15) is 0 Å². The van der Waals surface area contributed by atoms with Gasteiger partial charge in [0.1, 0.15) is 6.26 Å². The highest BCUT2D eigenvalue weighted by Crippen LogP contribution is 2.24. The molecule has 0 radical (unpaired) electrons. The number of halogens is 1. The van der Waals surface area contributed by atoms with Gasteiger partial charge in [0.2, 0.25) is 17.0 Å². The fraction of sp³-hybridized carbons (Fsp3) is 0.0833. The van der Waals surface area contributed by atoms with Gasteiger partial charge in [-0.15, -0.1) is 5.10 Å². The Morgan fingerprint density at radius 2 is 2.05 bits per heavy atom. The lowest BCUT2D eigenvalue weighted by atomic mass is 10.2. The van der Waals surface area contributed by atoms with Crippen molar-refractivity contribution in [3.63, 3.8) is 0 Å². The third kappa shape index (κ3) is 2.94. The maximum absolute atomic E-state index is 5.84. The molecule has 0 aliphatic heterocycles. The lowest BCUT2D eigenvalue weighted by molar-refractivity contribution is 0.573. The van der Waals surface area contributed by atoms with Crippen LogP contribution in [0.5, 0.6) is 0 Å². The Hall–Kier alpha value is -1.99. The molecule has 0 bridgehead atoms. The molecule has 3 aromatic rings. The van der Waals surface area contributed by atoms with E-state index in [4.69, 9.17) is 21.8 Å². The highest BCUT2D eigenvalue weighted by molar-refractivity contribution is 7.98. The second-order valence-electron chi connectivity index (χ2n) is 3.94. The van der Waals surface area contributed by atoms with Gasteiger partial charge in [0.25, 0.3) is 0 Å². The number of hydrogen-bond acceptors (Lipinski definition) is 6. The Kier molecular flexibility index (Phi) is 3.62. The van der Waals surface area contributed by atoms with E-state index >= 15 is 0 Å². The zero-order valence-corrected chi connectivity index (χ0v) is 11.8. The molecular weight excluding hydrogens is 298 g/mol. The Morgan fingerprint density at radius 3 is 2.75 bits per heavy atom. The van der Waals surface area contributed by atoms with Crippen molar-refractivity contribution >= 4 is 29.3 Å². The van der Waals surface area contributed by atoms with Gasteiger partial charge in [-0.05, 0) is 24.3 Å². The minimum atomic E-state index is 0.300. The van der Waals surface area contributed by atoms with Crippen molar-refractivity contribution in [1.29, 1.82) is 0 Å². The molecule has 0 spiro atoms. The Balaban J connectivity index is 1.69. The van der Waals surface area contributed by atoms with Crippen molar-refractivity contribution in [2.45, 2.75) is 10.9 Å². The Morgan fingerprint density at radius 1 is 1.25 bits per heavy atom. The zero-order valence-electron chi connectivity index (χ0n) is 10.2. The molecular formula is C12H10ClN5OS. The Labute approximate surface area is 123 Å². The topological polar surface area (TPSA) is 93.6 Å². The normalized spacial score (nSPS) is 10.8. The van der Waals surface area contributed by atoms with Crippen molar-refractivity contribution in [3.8, 4) is 11.5 Å². The summed E-state index contributed by atoms with van der Waals surface area (Å²) in [6, 6.07) is 7.32. The van der Waals surface area contributed by atoms with Gasteiger partial charge in [-0.3, -0.25) is 0 Å². The maximum Gasteiger partial charge on any atom is 0.226 e. The number of anilines is 1. The first-order valence-electron chi connectivity index (χ1n) is 5.72. The number of nitrogens with one attached hydrogen (secondary N) is 1. The van der Waals surface area contributed by atoms with E-state index in [1.54, 1.807) is 18.4 Å². The third-order valence-electron chi connectivity index (χ3n) is 2.47. The number of thioether (sulfide) groups is 1. The number of benzene rings is 1. The van der Waals surface area contributed by atoms with E-state index in [1.807, 2.05) is 12.1 Å². The van der Waals surface area contributed by atoms with Crippen LogP contribution in [0.15, 0.2) is 40.1 Å². The van der Waals surface area contributed by atoms with Gasteiger partial charge in [0, 0.05) is 16.3 Å². The SMILES string of the molecule is Nc1nc(SCc2coc(-c3ccc(Cl)cc3)n2)n[nH]1. The molecule has 6 nitrogen and oxygen atoms in total. The van der Waals surface area contributed by atoms with E-state index in [0.717, 1.165) is 11.3 Å². The molecule has 1 aromatic carbocycles. The number of rotatable bonds is 4.